The summed E-state index contributed by atoms with van der Waals surface area (Å²) in [5, 5.41) is 3.45. The van der Waals surface area contributed by atoms with Gasteiger partial charge in [-0.3, -0.25) is 0 Å². The maximum atomic E-state index is 4.80. The third kappa shape index (κ3) is 2.82. The zero-order valence-corrected chi connectivity index (χ0v) is 11.3. The topological polar surface area (TPSA) is 37.8 Å². The van der Waals surface area contributed by atoms with E-state index in [2.05, 4.69) is 41.5 Å². The minimum absolute atomic E-state index is 0.468. The number of benzene rings is 1. The molecule has 1 atom stereocenters. The summed E-state index contributed by atoms with van der Waals surface area (Å²) in [6.45, 7) is 4.27. The average molecular weight is 253 g/mol. The van der Waals surface area contributed by atoms with Crippen LogP contribution >= 0.6 is 0 Å². The molecule has 1 aliphatic rings. The smallest absolute Gasteiger partial charge is 0.132 e. The highest BCUT2D eigenvalue weighted by Crippen LogP contribution is 2.20. The first-order valence-electron chi connectivity index (χ1n) is 6.92. The Kier molecular flexibility index (Phi) is 3.56. The Hall–Kier alpha value is -1.74. The molecule has 3 heteroatoms. The lowest BCUT2D eigenvalue weighted by Crippen LogP contribution is -2.18. The van der Waals surface area contributed by atoms with Gasteiger partial charge in [0, 0.05) is 25.1 Å². The lowest BCUT2D eigenvalue weighted by molar-refractivity contribution is 0.634. The summed E-state index contributed by atoms with van der Waals surface area (Å²) in [5.41, 5.74) is 3.79. The molecule has 3 rings (SSSR count). The fraction of sp³-hybridized carbons (Fsp3) is 0.375. The van der Waals surface area contributed by atoms with Gasteiger partial charge in [0.2, 0.25) is 0 Å². The highest BCUT2D eigenvalue weighted by atomic mass is 14.9. The molecule has 2 heterocycles. The van der Waals surface area contributed by atoms with Crippen LogP contribution in [0.2, 0.25) is 0 Å². The number of aromatic nitrogens is 2. The van der Waals surface area contributed by atoms with Crippen molar-refractivity contribution in [1.29, 1.82) is 0 Å². The molecule has 1 N–H and O–H groups in total. The Morgan fingerprint density at radius 3 is 2.95 bits per heavy atom. The first kappa shape index (κ1) is 12.3. The van der Waals surface area contributed by atoms with E-state index in [-0.39, 0.29) is 0 Å². The van der Waals surface area contributed by atoms with Crippen molar-refractivity contribution in [3.63, 3.8) is 0 Å². The van der Waals surface area contributed by atoms with Gasteiger partial charge in [0.25, 0.3) is 0 Å². The van der Waals surface area contributed by atoms with Crippen LogP contribution in [0.3, 0.4) is 0 Å². The van der Waals surface area contributed by atoms with Gasteiger partial charge in [-0.15, -0.1) is 0 Å². The Bertz CT molecular complexity index is 551. The second-order valence-electron chi connectivity index (χ2n) is 5.21. The van der Waals surface area contributed by atoms with Gasteiger partial charge in [-0.25, -0.2) is 9.97 Å². The average Bonchev–Trinajstić information content (AvgIpc) is 2.62. The second-order valence-corrected chi connectivity index (χ2v) is 5.21. The molecular weight excluding hydrogens is 234 g/mol. The van der Waals surface area contributed by atoms with Crippen LogP contribution in [-0.2, 0) is 12.8 Å². The largest absolute Gasteiger partial charge is 0.316 e. The van der Waals surface area contributed by atoms with Gasteiger partial charge in [0.15, 0.2) is 0 Å². The molecule has 1 aromatic heterocycles. The van der Waals surface area contributed by atoms with Crippen LogP contribution in [0.25, 0.3) is 0 Å². The Morgan fingerprint density at radius 2 is 2.11 bits per heavy atom. The van der Waals surface area contributed by atoms with E-state index in [1.54, 1.807) is 0 Å². The predicted molar refractivity (Wildman–Crippen MR) is 76.3 cm³/mol. The van der Waals surface area contributed by atoms with Gasteiger partial charge in [-0.2, -0.15) is 0 Å². The first-order chi connectivity index (χ1) is 9.33. The van der Waals surface area contributed by atoms with E-state index < -0.39 is 0 Å². The van der Waals surface area contributed by atoms with E-state index in [4.69, 9.17) is 4.98 Å². The van der Waals surface area contributed by atoms with Crippen molar-refractivity contribution in [2.24, 2.45) is 0 Å². The van der Waals surface area contributed by atoms with Crippen LogP contribution in [0.15, 0.2) is 36.5 Å². The van der Waals surface area contributed by atoms with Crippen LogP contribution in [0, 0.1) is 0 Å². The maximum absolute atomic E-state index is 4.80. The van der Waals surface area contributed by atoms with Crippen LogP contribution < -0.4 is 5.32 Å². The fourth-order valence-electron chi connectivity index (χ4n) is 2.58. The quantitative estimate of drug-likeness (QED) is 0.892. The monoisotopic (exact) mass is 253 g/mol. The van der Waals surface area contributed by atoms with Crippen molar-refractivity contribution in [3.05, 3.63) is 59.2 Å². The van der Waals surface area contributed by atoms with Crippen LogP contribution in [-0.4, -0.2) is 23.1 Å². The predicted octanol–water partition coefficient (Wildman–Crippen LogP) is 2.32. The maximum Gasteiger partial charge on any atom is 0.132 e. The van der Waals surface area contributed by atoms with Crippen molar-refractivity contribution >= 4 is 0 Å². The highest BCUT2D eigenvalue weighted by Gasteiger charge is 2.17. The molecule has 0 spiro atoms. The number of hydrogen-bond donors (Lipinski definition) is 1. The lowest BCUT2D eigenvalue weighted by atomic mass is 10.0. The van der Waals surface area contributed by atoms with Crippen LogP contribution in [0.5, 0.6) is 0 Å². The van der Waals surface area contributed by atoms with Crippen molar-refractivity contribution in [3.8, 4) is 0 Å². The molecule has 3 nitrogen and oxygen atoms in total. The summed E-state index contributed by atoms with van der Waals surface area (Å²) in [6, 6.07) is 10.4. The summed E-state index contributed by atoms with van der Waals surface area (Å²) >= 11 is 0. The van der Waals surface area contributed by atoms with Crippen molar-refractivity contribution in [2.45, 2.75) is 25.7 Å². The number of hydrogen-bond acceptors (Lipinski definition) is 3. The van der Waals surface area contributed by atoms with E-state index >= 15 is 0 Å². The summed E-state index contributed by atoms with van der Waals surface area (Å²) in [6.07, 6.45) is 3.86. The van der Waals surface area contributed by atoms with Crippen molar-refractivity contribution in [2.75, 3.05) is 13.1 Å². The molecule has 0 saturated carbocycles. The molecule has 19 heavy (non-hydrogen) atoms. The molecule has 1 unspecified atom stereocenters. The minimum Gasteiger partial charge on any atom is -0.316 e. The summed E-state index contributed by atoms with van der Waals surface area (Å²) in [4.78, 5) is 9.32. The van der Waals surface area contributed by atoms with Gasteiger partial charge >= 0.3 is 0 Å². The van der Waals surface area contributed by atoms with Crippen molar-refractivity contribution < 1.29 is 0 Å². The lowest BCUT2D eigenvalue weighted by Gasteiger charge is -2.12. The molecule has 2 aromatic rings. The zero-order chi connectivity index (χ0) is 13.1. The molecule has 0 fully saturated rings. The molecule has 0 radical (unpaired) electrons. The van der Waals surface area contributed by atoms with Gasteiger partial charge in [0.05, 0.1) is 5.69 Å². The third-order valence-electron chi connectivity index (χ3n) is 3.64. The van der Waals surface area contributed by atoms with Gasteiger partial charge in [-0.1, -0.05) is 37.3 Å². The Labute approximate surface area is 114 Å². The summed E-state index contributed by atoms with van der Waals surface area (Å²) < 4.78 is 0. The van der Waals surface area contributed by atoms with E-state index in [9.17, 15) is 0 Å². The first-order valence-corrected chi connectivity index (χ1v) is 6.92. The minimum atomic E-state index is 0.468. The molecule has 0 amide bonds. The zero-order valence-electron chi connectivity index (χ0n) is 11.3. The molecule has 1 aliphatic heterocycles. The standard InChI is InChI=1S/C16H19N3/c1-12-10-17-8-7-14-11-18-15(19-16(12)14)9-13-5-3-2-4-6-13/h2-6,11-12,17H,7-10H2,1H3. The molecule has 0 aliphatic carbocycles. The summed E-state index contributed by atoms with van der Waals surface area (Å²) in [7, 11) is 0. The molecule has 98 valence electrons. The van der Waals surface area contributed by atoms with Gasteiger partial charge in [-0.05, 0) is 24.1 Å². The van der Waals surface area contributed by atoms with E-state index in [1.165, 1.54) is 16.8 Å². The Morgan fingerprint density at radius 1 is 1.26 bits per heavy atom. The number of fused-ring (bicyclic) bond motifs is 1. The van der Waals surface area contributed by atoms with E-state index in [0.717, 1.165) is 31.8 Å². The number of nitrogens with zero attached hydrogens (tertiary/aromatic N) is 2. The number of nitrogens with one attached hydrogen (secondary N) is 1. The molecule has 0 saturated heterocycles. The number of rotatable bonds is 2. The second kappa shape index (κ2) is 5.49. The van der Waals surface area contributed by atoms with Gasteiger partial charge in [0.1, 0.15) is 5.82 Å². The van der Waals surface area contributed by atoms with Crippen LogP contribution in [0.4, 0.5) is 0 Å². The third-order valence-corrected chi connectivity index (χ3v) is 3.64. The molecule has 0 bridgehead atoms. The van der Waals surface area contributed by atoms with Gasteiger partial charge < -0.3 is 5.32 Å². The normalized spacial score (nSPS) is 18.7. The van der Waals surface area contributed by atoms with Crippen molar-refractivity contribution in [1.82, 2.24) is 15.3 Å². The van der Waals surface area contributed by atoms with E-state index in [1.807, 2.05) is 12.3 Å². The highest BCUT2D eigenvalue weighted by molar-refractivity contribution is 5.25. The van der Waals surface area contributed by atoms with E-state index in [0.29, 0.717) is 5.92 Å². The van der Waals surface area contributed by atoms with Crippen LogP contribution in [0.1, 0.15) is 35.5 Å². The SMILES string of the molecule is CC1CNCCc2cnc(Cc3ccccc3)nc21. The molecule has 1 aromatic carbocycles. The Balaban J connectivity index is 1.88. The molecular formula is C16H19N3. The summed E-state index contributed by atoms with van der Waals surface area (Å²) in [5.74, 6) is 1.40. The fourth-order valence-corrected chi connectivity index (χ4v) is 2.58.